The Bertz CT molecular complexity index is 1730. The molecule has 56 heavy (non-hydrogen) atoms. The Morgan fingerprint density at radius 3 is 2.23 bits per heavy atom. The lowest BCUT2D eigenvalue weighted by molar-refractivity contribution is -0.235. The smallest absolute Gasteiger partial charge is 0.309 e. The summed E-state index contributed by atoms with van der Waals surface area (Å²) in [5.74, 6) is -0.328. The number of aliphatic hydroxyl groups excluding tert-OH is 1. The van der Waals surface area contributed by atoms with Crippen LogP contribution in [0.3, 0.4) is 0 Å². The molecule has 3 N–H and O–H groups in total. The molecule has 0 heterocycles. The van der Waals surface area contributed by atoms with Gasteiger partial charge in [-0.05, 0) is 116 Å². The van der Waals surface area contributed by atoms with E-state index in [-0.39, 0.29) is 64.3 Å². The normalized spacial score (nSPS) is 35.6. The van der Waals surface area contributed by atoms with Crippen molar-refractivity contribution in [1.29, 1.82) is 0 Å². The highest BCUT2D eigenvalue weighted by atomic mass is 16.5. The summed E-state index contributed by atoms with van der Waals surface area (Å²) in [4.78, 5) is 54.0. The summed E-state index contributed by atoms with van der Waals surface area (Å²) in [5, 5.41) is 25.0. The summed E-state index contributed by atoms with van der Waals surface area (Å²) in [5.41, 5.74) is 1.10. The first-order valence-corrected chi connectivity index (χ1v) is 21.4. The summed E-state index contributed by atoms with van der Waals surface area (Å²) in [7, 11) is 1.64. The molecular weight excluding hydrogens is 705 g/mol. The third kappa shape index (κ3) is 6.88. The molecule has 9 unspecified atom stereocenters. The third-order valence-electron chi connectivity index (χ3n) is 16.8. The molecule has 9 nitrogen and oxygen atoms in total. The zero-order chi connectivity index (χ0) is 41.2. The minimum Gasteiger partial charge on any atom is -0.481 e. The van der Waals surface area contributed by atoms with Crippen LogP contribution in [0.4, 0.5) is 0 Å². The number of benzene rings is 1. The number of Topliss-reactive ketones (excluding diaryl/α,β-unsaturated/α-hetero) is 1. The predicted molar refractivity (Wildman–Crippen MR) is 217 cm³/mol. The summed E-state index contributed by atoms with van der Waals surface area (Å²) >= 11 is 0. The van der Waals surface area contributed by atoms with Gasteiger partial charge in [0.15, 0.2) is 5.78 Å². The fourth-order valence-electron chi connectivity index (χ4n) is 13.6. The number of esters is 1. The number of carbonyl (C=O) groups excluding carboxylic acids is 3. The van der Waals surface area contributed by atoms with Gasteiger partial charge in [0.05, 0.1) is 24.5 Å². The van der Waals surface area contributed by atoms with Crippen molar-refractivity contribution in [2.24, 2.45) is 56.2 Å². The number of nitrogens with one attached hydrogen (secondary N) is 1. The Labute approximate surface area is 335 Å². The van der Waals surface area contributed by atoms with E-state index in [1.807, 2.05) is 35.2 Å². The van der Waals surface area contributed by atoms with E-state index in [1.165, 1.54) is 5.57 Å². The molecule has 5 aliphatic rings. The Hall–Kier alpha value is -3.04. The van der Waals surface area contributed by atoms with Gasteiger partial charge in [-0.3, -0.25) is 24.1 Å². The van der Waals surface area contributed by atoms with Crippen molar-refractivity contribution in [1.82, 2.24) is 10.2 Å². The molecule has 1 aromatic rings. The van der Waals surface area contributed by atoms with Gasteiger partial charge in [0.25, 0.3) is 0 Å². The first-order valence-electron chi connectivity index (χ1n) is 21.4. The van der Waals surface area contributed by atoms with E-state index in [1.54, 1.807) is 20.9 Å². The predicted octanol–water partition coefficient (Wildman–Crippen LogP) is 7.99. The molecule has 9 atom stereocenters. The van der Waals surface area contributed by atoms with Crippen LogP contribution in [0.5, 0.6) is 0 Å². The number of ketones is 1. The maximum Gasteiger partial charge on any atom is 0.309 e. The molecule has 0 radical (unpaired) electrons. The maximum absolute atomic E-state index is 14.2. The Kier molecular flexibility index (Phi) is 11.4. The van der Waals surface area contributed by atoms with Gasteiger partial charge in [-0.15, -0.1) is 0 Å². The molecule has 0 saturated heterocycles. The number of hydrogen-bond donors (Lipinski definition) is 3. The molecule has 6 rings (SSSR count). The van der Waals surface area contributed by atoms with E-state index >= 15 is 0 Å². The number of likely N-dealkylation sites (N-methyl/N-ethyl adjacent to an activating group) is 1. The van der Waals surface area contributed by atoms with Crippen molar-refractivity contribution in [3.05, 3.63) is 47.0 Å². The van der Waals surface area contributed by atoms with Crippen molar-refractivity contribution in [2.45, 2.75) is 145 Å². The zero-order valence-corrected chi connectivity index (χ0v) is 35.9. The number of fused-ring (bicyclic) bond motifs is 7. The molecule has 0 aromatic heterocycles. The van der Waals surface area contributed by atoms with Crippen molar-refractivity contribution >= 4 is 23.6 Å². The van der Waals surface area contributed by atoms with Crippen LogP contribution in [0.15, 0.2) is 41.5 Å². The van der Waals surface area contributed by atoms with E-state index < -0.39 is 28.9 Å². The molecule has 1 amide bonds. The molecule has 9 heteroatoms. The second kappa shape index (κ2) is 15.0. The monoisotopic (exact) mass is 775 g/mol. The van der Waals surface area contributed by atoms with Crippen LogP contribution in [-0.2, 0) is 30.5 Å². The van der Waals surface area contributed by atoms with Crippen molar-refractivity contribution < 1.29 is 34.1 Å². The van der Waals surface area contributed by atoms with E-state index in [9.17, 15) is 29.4 Å². The van der Waals surface area contributed by atoms with Crippen LogP contribution < -0.4 is 5.32 Å². The summed E-state index contributed by atoms with van der Waals surface area (Å²) in [6.45, 7) is 20.5. The molecule has 4 fully saturated rings. The van der Waals surface area contributed by atoms with Crippen molar-refractivity contribution in [3.8, 4) is 0 Å². The SMILES string of the molecule is CNC(=O)CN(Cc1ccccc1)CC(O)C12CCC3(C)C(CCC4C5(C)CCC(OC(=O)CC(C)(C)C(=O)O)C(C)(C)C5CCC43C)C1=C(C(C)C)C(=O)C2. The molecular formula is C47H70N2O7. The van der Waals surface area contributed by atoms with E-state index in [4.69, 9.17) is 4.74 Å². The number of carboxylic acid groups (broad SMARTS) is 1. The number of ether oxygens (including phenoxy) is 1. The van der Waals surface area contributed by atoms with E-state index in [2.05, 4.69) is 53.8 Å². The standard InChI is InChI=1S/C47H70N2O7/c1-29(2)39-32(50)24-47(35(51)27-49(28-37(52)48-10)26-30-14-12-11-13-15-30)23-22-45(8)31(40(39)47)16-17-34-44(7)20-19-36(56-38(53)25-42(3,4)41(54)55)43(5,6)33(44)18-21-46(34,45)9/h11-15,29,31,33-36,51H,16-28H2,1-10H3,(H,48,52)(H,54,55). The fourth-order valence-corrected chi connectivity index (χ4v) is 13.6. The number of carboxylic acids is 1. The highest BCUT2D eigenvalue weighted by molar-refractivity contribution is 6.00. The Morgan fingerprint density at radius 2 is 1.61 bits per heavy atom. The second-order valence-corrected chi connectivity index (χ2v) is 20.9. The molecule has 0 bridgehead atoms. The van der Waals surface area contributed by atoms with Crippen LogP contribution in [-0.4, -0.2) is 71.1 Å². The largest absolute Gasteiger partial charge is 0.481 e. The van der Waals surface area contributed by atoms with Gasteiger partial charge in [0.1, 0.15) is 6.10 Å². The lowest BCUT2D eigenvalue weighted by atomic mass is 9.33. The molecule has 5 aliphatic carbocycles. The Balaban J connectivity index is 1.29. The lowest BCUT2D eigenvalue weighted by Crippen LogP contribution is -2.66. The highest BCUT2D eigenvalue weighted by Crippen LogP contribution is 2.77. The Morgan fingerprint density at radius 1 is 0.929 bits per heavy atom. The van der Waals surface area contributed by atoms with Gasteiger partial charge in [-0.1, -0.05) is 84.4 Å². The number of hydrogen-bond acceptors (Lipinski definition) is 7. The summed E-state index contributed by atoms with van der Waals surface area (Å²) in [6.07, 6.45) is 6.59. The molecule has 0 spiro atoms. The first-order chi connectivity index (χ1) is 26.1. The topological polar surface area (TPSA) is 133 Å². The number of aliphatic hydroxyl groups is 1. The molecule has 4 saturated carbocycles. The average Bonchev–Trinajstić information content (AvgIpc) is 3.43. The second-order valence-electron chi connectivity index (χ2n) is 20.9. The van der Waals surface area contributed by atoms with Gasteiger partial charge < -0.3 is 20.3 Å². The third-order valence-corrected chi connectivity index (χ3v) is 16.8. The number of amides is 1. The summed E-state index contributed by atoms with van der Waals surface area (Å²) in [6, 6.07) is 10.1. The molecule has 0 aliphatic heterocycles. The van der Waals surface area contributed by atoms with Crippen molar-refractivity contribution in [2.75, 3.05) is 20.1 Å². The molecule has 310 valence electrons. The maximum atomic E-state index is 14.2. The van der Waals surface area contributed by atoms with Crippen LogP contribution in [0, 0.1) is 56.2 Å². The quantitative estimate of drug-likeness (QED) is 0.182. The minimum atomic E-state index is -1.18. The van der Waals surface area contributed by atoms with Gasteiger partial charge >= 0.3 is 11.9 Å². The summed E-state index contributed by atoms with van der Waals surface area (Å²) < 4.78 is 6.18. The minimum absolute atomic E-state index is 0.00265. The van der Waals surface area contributed by atoms with Crippen LogP contribution in [0.1, 0.15) is 132 Å². The van der Waals surface area contributed by atoms with Gasteiger partial charge in [-0.2, -0.15) is 0 Å². The zero-order valence-electron chi connectivity index (χ0n) is 35.9. The van der Waals surface area contributed by atoms with Crippen LogP contribution in [0.2, 0.25) is 0 Å². The highest BCUT2D eigenvalue weighted by Gasteiger charge is 2.71. The van der Waals surface area contributed by atoms with E-state index in [0.717, 1.165) is 62.5 Å². The van der Waals surface area contributed by atoms with Crippen molar-refractivity contribution in [3.63, 3.8) is 0 Å². The van der Waals surface area contributed by atoms with Crippen LogP contribution >= 0.6 is 0 Å². The number of rotatable bonds is 12. The van der Waals surface area contributed by atoms with Crippen LogP contribution in [0.25, 0.3) is 0 Å². The molecule has 1 aromatic carbocycles. The number of aliphatic carboxylic acids is 1. The fraction of sp³-hybridized carbons (Fsp3) is 0.745. The first kappa shape index (κ1) is 42.6. The number of allylic oxidation sites excluding steroid dienone is 1. The van der Waals surface area contributed by atoms with Gasteiger partial charge in [0, 0.05) is 37.4 Å². The lowest BCUT2D eigenvalue weighted by Gasteiger charge is -2.72. The number of nitrogens with zero attached hydrogens (tertiary/aromatic N) is 1. The average molecular weight is 775 g/mol. The van der Waals surface area contributed by atoms with E-state index in [0.29, 0.717) is 31.3 Å². The van der Waals surface area contributed by atoms with Gasteiger partial charge in [-0.25, -0.2) is 0 Å². The van der Waals surface area contributed by atoms with Gasteiger partial charge in [0.2, 0.25) is 5.91 Å². The number of carbonyl (C=O) groups is 4.